The fourth-order valence-corrected chi connectivity index (χ4v) is 5.11. The summed E-state index contributed by atoms with van der Waals surface area (Å²) in [7, 11) is 0. The molecular weight excluding hydrogens is 308 g/mol. The third-order valence-corrected chi connectivity index (χ3v) is 6.33. The van der Waals surface area contributed by atoms with Crippen molar-refractivity contribution < 1.29 is 24.2 Å². The van der Waals surface area contributed by atoms with Crippen LogP contribution in [-0.2, 0) is 9.59 Å². The van der Waals surface area contributed by atoms with Gasteiger partial charge in [0.1, 0.15) is 5.78 Å². The second-order valence-corrected chi connectivity index (χ2v) is 7.53. The predicted molar refractivity (Wildman–Crippen MR) is 86.2 cm³/mol. The van der Waals surface area contributed by atoms with Crippen molar-refractivity contribution in [3.63, 3.8) is 0 Å². The Morgan fingerprint density at radius 2 is 2.17 bits per heavy atom. The van der Waals surface area contributed by atoms with Gasteiger partial charge in [-0.15, -0.1) is 0 Å². The lowest BCUT2D eigenvalue weighted by Gasteiger charge is -2.47. The lowest BCUT2D eigenvalue weighted by molar-refractivity contribution is -0.132. The Morgan fingerprint density at radius 1 is 1.38 bits per heavy atom. The number of carbonyl (C=O) groups excluding carboxylic acids is 2. The highest BCUT2D eigenvalue weighted by Gasteiger charge is 2.55. The van der Waals surface area contributed by atoms with Gasteiger partial charge in [-0.2, -0.15) is 0 Å². The number of phenols is 1. The van der Waals surface area contributed by atoms with E-state index in [-0.39, 0.29) is 22.8 Å². The van der Waals surface area contributed by atoms with Gasteiger partial charge in [0, 0.05) is 30.2 Å². The maximum absolute atomic E-state index is 12.3. The summed E-state index contributed by atoms with van der Waals surface area (Å²) in [6.07, 6.45) is 3.42. The molecule has 128 valence electrons. The molecule has 1 aliphatic heterocycles. The first kappa shape index (κ1) is 15.5. The van der Waals surface area contributed by atoms with Crippen LogP contribution in [0.3, 0.4) is 0 Å². The van der Waals surface area contributed by atoms with Crippen molar-refractivity contribution in [1.82, 2.24) is 0 Å². The molecule has 4 atom stereocenters. The van der Waals surface area contributed by atoms with Crippen LogP contribution < -0.4 is 9.47 Å². The average Bonchev–Trinajstić information content (AvgIpc) is 2.85. The minimum absolute atomic E-state index is 0.0842. The summed E-state index contributed by atoms with van der Waals surface area (Å²) in [5, 5.41) is 10.0. The highest BCUT2D eigenvalue weighted by atomic mass is 16.6. The molecule has 1 aromatic rings. The van der Waals surface area contributed by atoms with E-state index in [9.17, 15) is 14.7 Å². The SMILES string of the molecule is CC(=O)Oc1c(O)ccc2c1OC[C@@H]1[C@@H]2CC[C@]2(C)C(=O)CC[C@@H]12. The molecule has 24 heavy (non-hydrogen) atoms. The Balaban J connectivity index is 1.73. The molecule has 1 N–H and O–H groups in total. The van der Waals surface area contributed by atoms with Crippen LogP contribution in [0.25, 0.3) is 0 Å². The highest BCUT2D eigenvalue weighted by Crippen LogP contribution is 2.60. The van der Waals surface area contributed by atoms with E-state index in [4.69, 9.17) is 9.47 Å². The second-order valence-electron chi connectivity index (χ2n) is 7.53. The van der Waals surface area contributed by atoms with Crippen LogP contribution in [0, 0.1) is 17.3 Å². The topological polar surface area (TPSA) is 72.8 Å². The van der Waals surface area contributed by atoms with Gasteiger partial charge in [0.25, 0.3) is 0 Å². The summed E-state index contributed by atoms with van der Waals surface area (Å²) in [6, 6.07) is 3.43. The molecule has 2 aliphatic carbocycles. The fraction of sp³-hybridized carbons (Fsp3) is 0.579. The van der Waals surface area contributed by atoms with Crippen molar-refractivity contribution in [2.45, 2.75) is 45.4 Å². The molecule has 0 amide bonds. The van der Waals surface area contributed by atoms with Gasteiger partial charge >= 0.3 is 5.97 Å². The van der Waals surface area contributed by atoms with Crippen LogP contribution >= 0.6 is 0 Å². The molecule has 0 bridgehead atoms. The van der Waals surface area contributed by atoms with Crippen LogP contribution in [-0.4, -0.2) is 23.5 Å². The Kier molecular flexibility index (Phi) is 3.37. The normalized spacial score (nSPS) is 33.9. The van der Waals surface area contributed by atoms with E-state index in [1.807, 2.05) is 6.07 Å². The summed E-state index contributed by atoms with van der Waals surface area (Å²) in [5.41, 5.74) is 0.777. The zero-order chi connectivity index (χ0) is 17.1. The molecule has 5 heteroatoms. The van der Waals surface area contributed by atoms with Gasteiger partial charge in [0.05, 0.1) is 6.61 Å². The first-order valence-electron chi connectivity index (χ1n) is 8.62. The molecule has 0 spiro atoms. The van der Waals surface area contributed by atoms with Crippen molar-refractivity contribution in [2.24, 2.45) is 17.3 Å². The number of ether oxygens (including phenoxy) is 2. The summed E-state index contributed by atoms with van der Waals surface area (Å²) in [5.74, 6) is 1.37. The molecule has 2 fully saturated rings. The third kappa shape index (κ3) is 2.06. The lowest BCUT2D eigenvalue weighted by Crippen LogP contribution is -2.44. The Hall–Kier alpha value is -2.04. The van der Waals surface area contributed by atoms with Crippen molar-refractivity contribution in [3.8, 4) is 17.2 Å². The molecule has 1 heterocycles. The molecule has 5 nitrogen and oxygen atoms in total. The average molecular weight is 330 g/mol. The van der Waals surface area contributed by atoms with Gasteiger partial charge in [-0.1, -0.05) is 13.0 Å². The number of Topliss-reactive ketones (excluding diaryl/α,β-unsaturated/α-hetero) is 1. The molecule has 0 radical (unpaired) electrons. The standard InChI is InChI=1S/C19H22O5/c1-10(20)24-18-15(21)5-3-12-11-7-8-19(2)14(4-6-16(19)22)13(11)9-23-17(12)18/h3,5,11,13-14,21H,4,6-9H2,1-2H3/t11-,13-,14+,19+/m1/s1. The van der Waals surface area contributed by atoms with Crippen LogP contribution in [0.4, 0.5) is 0 Å². The van der Waals surface area contributed by atoms with Crippen LogP contribution in [0.2, 0.25) is 0 Å². The molecular formula is C19H22O5. The maximum Gasteiger partial charge on any atom is 0.308 e. The van der Waals surface area contributed by atoms with E-state index in [0.29, 0.717) is 36.4 Å². The van der Waals surface area contributed by atoms with Crippen molar-refractivity contribution >= 4 is 11.8 Å². The summed E-state index contributed by atoms with van der Waals surface area (Å²) in [6.45, 7) is 3.92. The first-order valence-corrected chi connectivity index (χ1v) is 8.62. The predicted octanol–water partition coefficient (Wildman–Crippen LogP) is 3.19. The second kappa shape index (κ2) is 5.23. The smallest absolute Gasteiger partial charge is 0.308 e. The van der Waals surface area contributed by atoms with E-state index in [0.717, 1.165) is 24.8 Å². The van der Waals surface area contributed by atoms with Crippen molar-refractivity contribution in [1.29, 1.82) is 0 Å². The molecule has 3 aliphatic rings. The molecule has 0 saturated heterocycles. The number of aromatic hydroxyl groups is 1. The van der Waals surface area contributed by atoms with Gasteiger partial charge in [0.15, 0.2) is 11.5 Å². The molecule has 0 unspecified atom stereocenters. The Labute approximate surface area is 141 Å². The molecule has 0 aromatic heterocycles. The Bertz CT molecular complexity index is 725. The van der Waals surface area contributed by atoms with E-state index in [1.165, 1.54) is 6.92 Å². The number of rotatable bonds is 1. The van der Waals surface area contributed by atoms with E-state index in [1.54, 1.807) is 6.07 Å². The third-order valence-electron chi connectivity index (χ3n) is 6.33. The van der Waals surface area contributed by atoms with Crippen LogP contribution in [0.1, 0.15) is 51.0 Å². The molecule has 1 aromatic carbocycles. The maximum atomic E-state index is 12.3. The van der Waals surface area contributed by atoms with Crippen molar-refractivity contribution in [2.75, 3.05) is 6.61 Å². The zero-order valence-corrected chi connectivity index (χ0v) is 14.0. The number of esters is 1. The Morgan fingerprint density at radius 3 is 2.92 bits per heavy atom. The van der Waals surface area contributed by atoms with Gasteiger partial charge in [-0.05, 0) is 37.2 Å². The highest BCUT2D eigenvalue weighted by molar-refractivity contribution is 5.87. The zero-order valence-electron chi connectivity index (χ0n) is 14.0. The minimum atomic E-state index is -0.484. The number of fused-ring (bicyclic) bond motifs is 5. The van der Waals surface area contributed by atoms with Gasteiger partial charge in [-0.3, -0.25) is 9.59 Å². The van der Waals surface area contributed by atoms with E-state index >= 15 is 0 Å². The lowest BCUT2D eigenvalue weighted by atomic mass is 9.58. The monoisotopic (exact) mass is 330 g/mol. The van der Waals surface area contributed by atoms with Gasteiger partial charge < -0.3 is 14.6 Å². The van der Waals surface area contributed by atoms with Gasteiger partial charge in [-0.25, -0.2) is 0 Å². The van der Waals surface area contributed by atoms with Crippen LogP contribution in [0.15, 0.2) is 12.1 Å². The quantitative estimate of drug-likeness (QED) is 0.632. The number of ketones is 1. The molecule has 4 rings (SSSR count). The number of phenolic OH excluding ortho intramolecular Hbond substituents is 1. The van der Waals surface area contributed by atoms with E-state index in [2.05, 4.69) is 6.92 Å². The number of hydrogen-bond donors (Lipinski definition) is 1. The first-order chi connectivity index (χ1) is 11.4. The van der Waals surface area contributed by atoms with Crippen molar-refractivity contribution in [3.05, 3.63) is 17.7 Å². The van der Waals surface area contributed by atoms with E-state index < -0.39 is 5.97 Å². The summed E-state index contributed by atoms with van der Waals surface area (Å²) in [4.78, 5) is 23.7. The fourth-order valence-electron chi connectivity index (χ4n) is 5.11. The van der Waals surface area contributed by atoms with Gasteiger partial charge in [0.2, 0.25) is 5.75 Å². The van der Waals surface area contributed by atoms with Crippen LogP contribution in [0.5, 0.6) is 17.2 Å². The minimum Gasteiger partial charge on any atom is -0.504 e. The summed E-state index contributed by atoms with van der Waals surface area (Å²) >= 11 is 0. The number of hydrogen-bond acceptors (Lipinski definition) is 5. The number of carbonyl (C=O) groups is 2. The molecule has 2 saturated carbocycles. The summed E-state index contributed by atoms with van der Waals surface area (Å²) < 4.78 is 11.1. The number of benzene rings is 1. The largest absolute Gasteiger partial charge is 0.504 e.